The van der Waals surface area contributed by atoms with Gasteiger partial charge in [0.25, 0.3) is 10.0 Å². The van der Waals surface area contributed by atoms with E-state index < -0.39 is 21.3 Å². The predicted molar refractivity (Wildman–Crippen MR) is 88.3 cm³/mol. The van der Waals surface area contributed by atoms with Crippen molar-refractivity contribution in [1.29, 1.82) is 0 Å². The topological polar surface area (TPSA) is 46.6 Å². The largest absolute Gasteiger partial charge is 0.470 e. The zero-order chi connectivity index (χ0) is 16.4. The molecular weight excluding hydrogens is 341 g/mol. The number of halogens is 2. The van der Waals surface area contributed by atoms with Crippen molar-refractivity contribution in [2.24, 2.45) is 0 Å². The third-order valence-corrected chi connectivity index (χ3v) is 5.74. The van der Waals surface area contributed by atoms with Crippen molar-refractivity contribution in [1.82, 2.24) is 0 Å². The highest BCUT2D eigenvalue weighted by Gasteiger charge is 2.40. The van der Waals surface area contributed by atoms with Crippen LogP contribution in [0.1, 0.15) is 12.8 Å². The lowest BCUT2D eigenvalue weighted by Gasteiger charge is -2.35. The normalized spacial score (nSPS) is 19.0. The first-order valence-corrected chi connectivity index (χ1v) is 9.19. The highest BCUT2D eigenvalue weighted by atomic mass is 35.5. The van der Waals surface area contributed by atoms with E-state index in [1.165, 1.54) is 28.6 Å². The average molecular weight is 356 g/mol. The van der Waals surface area contributed by atoms with Gasteiger partial charge in [-0.3, -0.25) is 0 Å². The molecule has 122 valence electrons. The summed E-state index contributed by atoms with van der Waals surface area (Å²) in [6, 6.07) is 12.2. The van der Waals surface area contributed by atoms with Gasteiger partial charge in [-0.25, -0.2) is 17.1 Å². The number of rotatable bonds is 4. The van der Waals surface area contributed by atoms with Crippen molar-refractivity contribution < 1.29 is 17.5 Å². The Hall–Kier alpha value is -1.79. The van der Waals surface area contributed by atoms with Gasteiger partial charge in [0.2, 0.25) is 5.44 Å². The number of nitrogens with zero attached hydrogens (tertiary/aromatic N) is 1. The molecule has 0 amide bonds. The summed E-state index contributed by atoms with van der Waals surface area (Å²) in [7, 11) is -3.79. The van der Waals surface area contributed by atoms with Gasteiger partial charge >= 0.3 is 0 Å². The number of sulfonamides is 1. The van der Waals surface area contributed by atoms with Crippen molar-refractivity contribution in [2.75, 3.05) is 10.2 Å². The molecule has 0 saturated heterocycles. The zero-order valence-electron chi connectivity index (χ0n) is 12.2. The minimum Gasteiger partial charge on any atom is -0.470 e. The number of anilines is 2. The van der Waals surface area contributed by atoms with E-state index in [0.29, 0.717) is 29.4 Å². The van der Waals surface area contributed by atoms with E-state index in [2.05, 4.69) is 0 Å². The van der Waals surface area contributed by atoms with Gasteiger partial charge in [0, 0.05) is 12.3 Å². The molecule has 1 aliphatic rings. The molecule has 2 aromatic rings. The predicted octanol–water partition coefficient (Wildman–Crippen LogP) is 4.03. The van der Waals surface area contributed by atoms with Crippen LogP contribution in [0, 0.1) is 5.82 Å². The smallest absolute Gasteiger partial charge is 0.277 e. The van der Waals surface area contributed by atoms with Crippen LogP contribution >= 0.6 is 11.6 Å². The minimum absolute atomic E-state index is 0.290. The molecule has 1 unspecified atom stereocenters. The zero-order valence-corrected chi connectivity index (χ0v) is 13.7. The summed E-state index contributed by atoms with van der Waals surface area (Å²) in [5, 5.41) is 0. The SMILES string of the molecule is O=S1(=O)C(CCCCl)Oc2ccccc2N1c1ccc(F)cc1. The van der Waals surface area contributed by atoms with Gasteiger partial charge in [-0.1, -0.05) is 12.1 Å². The van der Waals surface area contributed by atoms with E-state index in [1.54, 1.807) is 24.3 Å². The molecule has 0 spiro atoms. The second-order valence-corrected chi connectivity index (χ2v) is 7.43. The van der Waals surface area contributed by atoms with Gasteiger partial charge in [0.1, 0.15) is 11.6 Å². The van der Waals surface area contributed by atoms with Crippen LogP contribution in [-0.4, -0.2) is 19.7 Å². The molecule has 4 nitrogen and oxygen atoms in total. The fourth-order valence-corrected chi connectivity index (χ4v) is 4.42. The summed E-state index contributed by atoms with van der Waals surface area (Å²) in [5.41, 5.74) is -0.222. The number of hydrogen-bond donors (Lipinski definition) is 0. The molecule has 0 N–H and O–H groups in total. The molecule has 0 bridgehead atoms. The van der Waals surface area contributed by atoms with Crippen molar-refractivity contribution in [3.63, 3.8) is 0 Å². The number of benzene rings is 2. The summed E-state index contributed by atoms with van der Waals surface area (Å²) >= 11 is 5.68. The average Bonchev–Trinajstić information content (AvgIpc) is 2.54. The first kappa shape index (κ1) is 16.1. The molecular formula is C16H15ClFNO3S. The Kier molecular flexibility index (Phi) is 4.46. The Bertz CT molecular complexity index is 795. The van der Waals surface area contributed by atoms with Crippen molar-refractivity contribution in [2.45, 2.75) is 18.3 Å². The van der Waals surface area contributed by atoms with E-state index in [-0.39, 0.29) is 6.42 Å². The number of fused-ring (bicyclic) bond motifs is 1. The lowest BCUT2D eigenvalue weighted by atomic mass is 10.2. The highest BCUT2D eigenvalue weighted by Crippen LogP contribution is 2.42. The summed E-state index contributed by atoms with van der Waals surface area (Å²) in [6.45, 7) is 0. The van der Waals surface area contributed by atoms with Crippen LogP contribution in [0.15, 0.2) is 48.5 Å². The molecule has 0 aliphatic carbocycles. The number of hydrogen-bond acceptors (Lipinski definition) is 3. The van der Waals surface area contributed by atoms with Gasteiger partial charge in [0.15, 0.2) is 0 Å². The molecule has 7 heteroatoms. The molecule has 1 heterocycles. The Morgan fingerprint density at radius 3 is 2.52 bits per heavy atom. The van der Waals surface area contributed by atoms with Crippen LogP contribution in [-0.2, 0) is 10.0 Å². The number of alkyl halides is 1. The highest BCUT2D eigenvalue weighted by molar-refractivity contribution is 7.93. The molecule has 2 aromatic carbocycles. The van der Waals surface area contributed by atoms with Crippen LogP contribution in [0.2, 0.25) is 0 Å². The van der Waals surface area contributed by atoms with Crippen molar-refractivity contribution in [3.8, 4) is 5.75 Å². The Morgan fingerprint density at radius 2 is 1.83 bits per heavy atom. The fraction of sp³-hybridized carbons (Fsp3) is 0.250. The molecule has 1 aliphatic heterocycles. The van der Waals surface area contributed by atoms with Crippen LogP contribution < -0.4 is 9.04 Å². The van der Waals surface area contributed by atoms with Crippen LogP contribution in [0.3, 0.4) is 0 Å². The van der Waals surface area contributed by atoms with Gasteiger partial charge in [0.05, 0.1) is 11.4 Å². The maximum Gasteiger partial charge on any atom is 0.277 e. The number of ether oxygens (including phenoxy) is 1. The first-order chi connectivity index (χ1) is 11.0. The molecule has 0 saturated carbocycles. The first-order valence-electron chi connectivity index (χ1n) is 7.15. The maximum atomic E-state index is 13.2. The van der Waals surface area contributed by atoms with Gasteiger partial charge in [-0.05, 0) is 42.8 Å². The van der Waals surface area contributed by atoms with Crippen molar-refractivity contribution >= 4 is 33.0 Å². The van der Waals surface area contributed by atoms with E-state index in [1.807, 2.05) is 0 Å². The van der Waals surface area contributed by atoms with E-state index in [4.69, 9.17) is 16.3 Å². The third kappa shape index (κ3) is 3.01. The van der Waals surface area contributed by atoms with Gasteiger partial charge in [-0.2, -0.15) is 0 Å². The molecule has 1 atom stereocenters. The van der Waals surface area contributed by atoms with E-state index in [0.717, 1.165) is 0 Å². The van der Waals surface area contributed by atoms with Crippen molar-refractivity contribution in [3.05, 3.63) is 54.3 Å². The second-order valence-electron chi connectivity index (χ2n) is 5.13. The standard InChI is InChI=1S/C16H15ClFNO3S/c17-11-3-6-16-22-15-5-2-1-4-14(15)19(23(16,20)21)13-9-7-12(18)8-10-13/h1-2,4-5,7-10,16H,3,6,11H2. The lowest BCUT2D eigenvalue weighted by Crippen LogP contribution is -2.43. The Labute approximate surface area is 139 Å². The molecule has 3 rings (SSSR count). The molecule has 0 fully saturated rings. The van der Waals surface area contributed by atoms with Crippen LogP contribution in [0.25, 0.3) is 0 Å². The lowest BCUT2D eigenvalue weighted by molar-refractivity contribution is 0.257. The number of para-hydroxylation sites is 2. The summed E-state index contributed by atoms with van der Waals surface area (Å²) in [4.78, 5) is 0. The third-order valence-electron chi connectivity index (χ3n) is 3.56. The molecule has 0 radical (unpaired) electrons. The van der Waals surface area contributed by atoms with E-state index >= 15 is 0 Å². The minimum atomic E-state index is -3.79. The summed E-state index contributed by atoms with van der Waals surface area (Å²) < 4.78 is 45.9. The molecule has 23 heavy (non-hydrogen) atoms. The monoisotopic (exact) mass is 355 g/mol. The summed E-state index contributed by atoms with van der Waals surface area (Å²) in [5.74, 6) is 0.408. The summed E-state index contributed by atoms with van der Waals surface area (Å²) in [6.07, 6.45) is 0.808. The maximum absolute atomic E-state index is 13.2. The Morgan fingerprint density at radius 1 is 1.13 bits per heavy atom. The second kappa shape index (κ2) is 6.37. The van der Waals surface area contributed by atoms with Gasteiger partial charge in [-0.15, -0.1) is 11.6 Å². The van der Waals surface area contributed by atoms with Crippen LogP contribution in [0.5, 0.6) is 5.75 Å². The van der Waals surface area contributed by atoms with E-state index in [9.17, 15) is 12.8 Å². The fourth-order valence-electron chi connectivity index (χ4n) is 2.50. The quantitative estimate of drug-likeness (QED) is 0.778. The van der Waals surface area contributed by atoms with Crippen LogP contribution in [0.4, 0.5) is 15.8 Å². The van der Waals surface area contributed by atoms with Gasteiger partial charge < -0.3 is 4.74 Å². The Balaban J connectivity index is 2.11. The molecule has 0 aromatic heterocycles.